The molecule has 2 rings (SSSR count). The molecule has 4 nitrogen and oxygen atoms in total. The van der Waals surface area contributed by atoms with Crippen LogP contribution in [-0.4, -0.2) is 22.6 Å². The largest absolute Gasteiger partial charge is 0.481 e. The molecule has 100 valence electrons. The molecule has 1 atom stereocenters. The Morgan fingerprint density at radius 2 is 2.32 bits per heavy atom. The molecule has 1 aromatic carbocycles. The smallest absolute Gasteiger partial charge is 0.315 e. The highest BCUT2D eigenvalue weighted by atomic mass is 32.1. The van der Waals surface area contributed by atoms with Gasteiger partial charge >= 0.3 is 5.97 Å². The molecule has 0 saturated heterocycles. The minimum atomic E-state index is -1.35. The van der Waals surface area contributed by atoms with Gasteiger partial charge in [0.15, 0.2) is 0 Å². The lowest BCUT2D eigenvalue weighted by Crippen LogP contribution is -2.45. The average molecular weight is 280 g/mol. The van der Waals surface area contributed by atoms with Gasteiger partial charge in [0.05, 0.1) is 5.01 Å². The summed E-state index contributed by atoms with van der Waals surface area (Å²) >= 11 is 1.36. The molecule has 0 fully saturated rings. The second kappa shape index (κ2) is 5.46. The normalized spacial score (nSPS) is 14.0. The van der Waals surface area contributed by atoms with E-state index >= 15 is 0 Å². The zero-order valence-electron chi connectivity index (χ0n) is 10.0. The van der Waals surface area contributed by atoms with Gasteiger partial charge in [-0.25, -0.2) is 9.37 Å². The fourth-order valence-corrected chi connectivity index (χ4v) is 2.69. The molecule has 1 heterocycles. The van der Waals surface area contributed by atoms with Crippen molar-refractivity contribution in [3.05, 3.63) is 52.2 Å². The molecule has 1 aromatic heterocycles. The summed E-state index contributed by atoms with van der Waals surface area (Å²) in [7, 11) is 0. The van der Waals surface area contributed by atoms with Crippen molar-refractivity contribution in [1.29, 1.82) is 0 Å². The Morgan fingerprint density at radius 1 is 1.53 bits per heavy atom. The van der Waals surface area contributed by atoms with Gasteiger partial charge in [0.25, 0.3) is 0 Å². The molecule has 0 bridgehead atoms. The summed E-state index contributed by atoms with van der Waals surface area (Å²) in [5, 5.41) is 12.0. The van der Waals surface area contributed by atoms with Crippen LogP contribution in [0.2, 0.25) is 0 Å². The van der Waals surface area contributed by atoms with E-state index in [1.54, 1.807) is 17.6 Å². The molecule has 6 heteroatoms. The zero-order valence-corrected chi connectivity index (χ0v) is 10.9. The van der Waals surface area contributed by atoms with Crippen LogP contribution >= 0.6 is 11.3 Å². The van der Waals surface area contributed by atoms with Gasteiger partial charge < -0.3 is 10.8 Å². The van der Waals surface area contributed by atoms with Gasteiger partial charge in [-0.05, 0) is 17.7 Å². The Morgan fingerprint density at radius 3 is 2.84 bits per heavy atom. The first kappa shape index (κ1) is 13.6. The van der Waals surface area contributed by atoms with Crippen LogP contribution in [-0.2, 0) is 16.6 Å². The maximum absolute atomic E-state index is 13.3. The van der Waals surface area contributed by atoms with Gasteiger partial charge in [0.1, 0.15) is 11.2 Å². The van der Waals surface area contributed by atoms with E-state index in [2.05, 4.69) is 4.98 Å². The lowest BCUT2D eigenvalue weighted by atomic mass is 9.77. The van der Waals surface area contributed by atoms with Crippen LogP contribution in [0.25, 0.3) is 0 Å². The lowest BCUT2D eigenvalue weighted by molar-refractivity contribution is -0.143. The van der Waals surface area contributed by atoms with E-state index in [0.29, 0.717) is 10.6 Å². The second-order valence-corrected chi connectivity index (χ2v) is 5.18. The van der Waals surface area contributed by atoms with Crippen molar-refractivity contribution >= 4 is 17.3 Å². The summed E-state index contributed by atoms with van der Waals surface area (Å²) in [5.41, 5.74) is 4.69. The van der Waals surface area contributed by atoms with Crippen molar-refractivity contribution in [3.63, 3.8) is 0 Å². The molecule has 0 spiro atoms. The molecule has 3 N–H and O–H groups in total. The predicted octanol–water partition coefficient (Wildman–Crippen LogP) is 1.81. The number of benzene rings is 1. The van der Waals surface area contributed by atoms with Crippen LogP contribution in [0.5, 0.6) is 0 Å². The maximum Gasteiger partial charge on any atom is 0.315 e. The van der Waals surface area contributed by atoms with E-state index < -0.39 is 17.2 Å². The quantitative estimate of drug-likeness (QED) is 0.875. The van der Waals surface area contributed by atoms with E-state index in [1.165, 1.54) is 29.5 Å². The Balaban J connectivity index is 2.47. The molecule has 0 radical (unpaired) electrons. The van der Waals surface area contributed by atoms with Crippen LogP contribution in [0.15, 0.2) is 35.8 Å². The van der Waals surface area contributed by atoms with Crippen molar-refractivity contribution in [2.75, 3.05) is 6.54 Å². The van der Waals surface area contributed by atoms with E-state index in [1.807, 2.05) is 0 Å². The predicted molar refractivity (Wildman–Crippen MR) is 70.6 cm³/mol. The van der Waals surface area contributed by atoms with E-state index in [4.69, 9.17) is 5.73 Å². The first-order valence-electron chi connectivity index (χ1n) is 5.66. The summed E-state index contributed by atoms with van der Waals surface area (Å²) < 4.78 is 13.3. The highest BCUT2D eigenvalue weighted by Gasteiger charge is 2.40. The fourth-order valence-electron chi connectivity index (χ4n) is 1.96. The summed E-state index contributed by atoms with van der Waals surface area (Å²) in [6.45, 7) is -0.120. The van der Waals surface area contributed by atoms with Crippen molar-refractivity contribution in [3.8, 4) is 0 Å². The number of hydrogen-bond donors (Lipinski definition) is 2. The summed E-state index contributed by atoms with van der Waals surface area (Å²) in [5.74, 6) is -1.55. The molecule has 0 amide bonds. The number of aromatic nitrogens is 1. The van der Waals surface area contributed by atoms with E-state index in [-0.39, 0.29) is 13.0 Å². The minimum Gasteiger partial charge on any atom is -0.481 e. The van der Waals surface area contributed by atoms with Gasteiger partial charge in [-0.3, -0.25) is 4.79 Å². The highest BCUT2D eigenvalue weighted by molar-refractivity contribution is 7.09. The monoisotopic (exact) mass is 280 g/mol. The first-order chi connectivity index (χ1) is 9.08. The number of halogens is 1. The van der Waals surface area contributed by atoms with Crippen molar-refractivity contribution < 1.29 is 14.3 Å². The number of carboxylic acid groups (broad SMARTS) is 1. The topological polar surface area (TPSA) is 76.2 Å². The van der Waals surface area contributed by atoms with Crippen molar-refractivity contribution in [1.82, 2.24) is 4.98 Å². The molecule has 1 unspecified atom stereocenters. The third-order valence-electron chi connectivity index (χ3n) is 3.07. The van der Waals surface area contributed by atoms with Crippen molar-refractivity contribution in [2.24, 2.45) is 5.73 Å². The number of aliphatic carboxylic acids is 1. The summed E-state index contributed by atoms with van der Waals surface area (Å²) in [6, 6.07) is 5.56. The van der Waals surface area contributed by atoms with Crippen LogP contribution in [0, 0.1) is 5.82 Å². The number of rotatable bonds is 5. The first-order valence-corrected chi connectivity index (χ1v) is 6.54. The fraction of sp³-hybridized carbons (Fsp3) is 0.231. The molecule has 0 aliphatic heterocycles. The second-order valence-electron chi connectivity index (χ2n) is 4.20. The Bertz CT molecular complexity index is 574. The van der Waals surface area contributed by atoms with Gasteiger partial charge in [-0.1, -0.05) is 12.1 Å². The molecule has 0 saturated carbocycles. The summed E-state index contributed by atoms with van der Waals surface area (Å²) in [6.07, 6.45) is 1.76. The Hall–Kier alpha value is -1.79. The van der Waals surface area contributed by atoms with Gasteiger partial charge in [0.2, 0.25) is 0 Å². The Kier molecular flexibility index (Phi) is 3.92. The lowest BCUT2D eigenvalue weighted by Gasteiger charge is -2.27. The standard InChI is InChI=1S/C13H13FN2O2S/c14-10-3-1-2-9(6-10)13(8-15,12(17)18)7-11-16-4-5-19-11/h1-6H,7-8,15H2,(H,17,18). The Labute approximate surface area is 113 Å². The van der Waals surface area contributed by atoms with Crippen LogP contribution in [0.3, 0.4) is 0 Å². The van der Waals surface area contributed by atoms with Crippen LogP contribution in [0.1, 0.15) is 10.6 Å². The average Bonchev–Trinajstić information content (AvgIpc) is 2.88. The molecule has 19 heavy (non-hydrogen) atoms. The summed E-state index contributed by atoms with van der Waals surface area (Å²) in [4.78, 5) is 15.8. The molecule has 0 aliphatic rings. The van der Waals surface area contributed by atoms with Gasteiger partial charge in [-0.15, -0.1) is 11.3 Å². The van der Waals surface area contributed by atoms with Crippen LogP contribution in [0.4, 0.5) is 4.39 Å². The SMILES string of the molecule is NCC(Cc1nccs1)(C(=O)O)c1cccc(F)c1. The minimum absolute atomic E-state index is 0.120. The maximum atomic E-state index is 13.3. The number of thiazole rings is 1. The van der Waals surface area contributed by atoms with E-state index in [0.717, 1.165) is 0 Å². The molecule has 0 aliphatic carbocycles. The zero-order chi connectivity index (χ0) is 13.9. The number of carboxylic acids is 1. The van der Waals surface area contributed by atoms with Crippen molar-refractivity contribution in [2.45, 2.75) is 11.8 Å². The molecular weight excluding hydrogens is 267 g/mol. The number of nitrogens with zero attached hydrogens (tertiary/aromatic N) is 1. The molecule has 2 aromatic rings. The number of nitrogens with two attached hydrogens (primary N) is 1. The number of carbonyl (C=O) groups is 1. The van der Waals surface area contributed by atoms with Gasteiger partial charge in [-0.2, -0.15) is 0 Å². The van der Waals surface area contributed by atoms with Crippen LogP contribution < -0.4 is 5.73 Å². The van der Waals surface area contributed by atoms with E-state index in [9.17, 15) is 14.3 Å². The number of hydrogen-bond acceptors (Lipinski definition) is 4. The third-order valence-corrected chi connectivity index (χ3v) is 3.85. The third kappa shape index (κ3) is 2.64. The molecular formula is C13H13FN2O2S. The van der Waals surface area contributed by atoms with Gasteiger partial charge in [0, 0.05) is 24.5 Å². The highest BCUT2D eigenvalue weighted by Crippen LogP contribution is 2.29.